The maximum absolute atomic E-state index is 13.3. The summed E-state index contributed by atoms with van der Waals surface area (Å²) < 4.78 is 0. The van der Waals surface area contributed by atoms with E-state index in [0.717, 1.165) is 16.7 Å². The molecule has 0 bridgehead atoms. The molecule has 2 N–H and O–H groups in total. The molecule has 4 rings (SSSR count). The monoisotopic (exact) mass is 441 g/mol. The number of rotatable bonds is 4. The largest absolute Gasteiger partial charge is 0.508 e. The highest BCUT2D eigenvalue weighted by Gasteiger charge is 2.47. The van der Waals surface area contributed by atoms with Gasteiger partial charge in [-0.15, -0.1) is 0 Å². The zero-order valence-electron chi connectivity index (χ0n) is 19.2. The van der Waals surface area contributed by atoms with Crippen molar-refractivity contribution in [2.45, 2.75) is 39.7 Å². The molecule has 0 spiro atoms. The van der Waals surface area contributed by atoms with Crippen molar-refractivity contribution >= 4 is 23.1 Å². The minimum absolute atomic E-state index is 0.00670. The SMILES string of the molecule is Cc1ccc(C)c(/C(O)=C2\C(=O)C(=O)N(c3ccc(C(C)C)cc3)C2c2cccc(O)c2)c1. The van der Waals surface area contributed by atoms with Crippen molar-refractivity contribution in [3.05, 3.63) is 100 Å². The summed E-state index contributed by atoms with van der Waals surface area (Å²) in [6, 6.07) is 18.7. The number of Topliss-reactive ketones (excluding diaryl/α,β-unsaturated/α-hetero) is 1. The van der Waals surface area contributed by atoms with Crippen molar-refractivity contribution in [3.63, 3.8) is 0 Å². The fourth-order valence-corrected chi connectivity index (χ4v) is 4.26. The third-order valence-electron chi connectivity index (χ3n) is 6.12. The van der Waals surface area contributed by atoms with Gasteiger partial charge in [0.05, 0.1) is 11.6 Å². The highest BCUT2D eigenvalue weighted by Crippen LogP contribution is 2.43. The predicted molar refractivity (Wildman–Crippen MR) is 129 cm³/mol. The van der Waals surface area contributed by atoms with Crippen LogP contribution in [-0.4, -0.2) is 21.9 Å². The number of anilines is 1. The van der Waals surface area contributed by atoms with Crippen LogP contribution in [0.2, 0.25) is 0 Å². The molecule has 1 aliphatic rings. The average Bonchev–Trinajstić information content (AvgIpc) is 3.05. The Morgan fingerprint density at radius 3 is 2.27 bits per heavy atom. The molecule has 0 saturated carbocycles. The van der Waals surface area contributed by atoms with Gasteiger partial charge in [0.15, 0.2) is 0 Å². The van der Waals surface area contributed by atoms with E-state index in [2.05, 4.69) is 13.8 Å². The second-order valence-electron chi connectivity index (χ2n) is 8.83. The van der Waals surface area contributed by atoms with Crippen LogP contribution in [0.4, 0.5) is 5.69 Å². The number of carbonyl (C=O) groups is 2. The molecule has 1 amide bonds. The van der Waals surface area contributed by atoms with Gasteiger partial charge in [-0.3, -0.25) is 14.5 Å². The van der Waals surface area contributed by atoms with Gasteiger partial charge in [-0.2, -0.15) is 0 Å². The highest BCUT2D eigenvalue weighted by molar-refractivity contribution is 6.51. The number of benzene rings is 3. The van der Waals surface area contributed by atoms with Crippen molar-refractivity contribution in [3.8, 4) is 5.75 Å². The molecule has 1 atom stereocenters. The van der Waals surface area contributed by atoms with Crippen LogP contribution in [0.15, 0.2) is 72.3 Å². The van der Waals surface area contributed by atoms with Crippen LogP contribution in [0.25, 0.3) is 5.76 Å². The maximum Gasteiger partial charge on any atom is 0.300 e. The van der Waals surface area contributed by atoms with Crippen molar-refractivity contribution in [1.82, 2.24) is 0 Å². The first-order chi connectivity index (χ1) is 15.7. The fraction of sp³-hybridized carbons (Fsp3) is 0.214. The van der Waals surface area contributed by atoms with Gasteiger partial charge in [-0.25, -0.2) is 0 Å². The number of phenolic OH excluding ortho intramolecular Hbond substituents is 1. The summed E-state index contributed by atoms with van der Waals surface area (Å²) in [6.07, 6.45) is 0. The predicted octanol–water partition coefficient (Wildman–Crippen LogP) is 5.76. The van der Waals surface area contributed by atoms with Gasteiger partial charge in [0, 0.05) is 11.3 Å². The van der Waals surface area contributed by atoms with E-state index in [4.69, 9.17) is 0 Å². The Labute approximate surface area is 193 Å². The summed E-state index contributed by atoms with van der Waals surface area (Å²) in [4.78, 5) is 27.9. The molecule has 3 aromatic rings. The van der Waals surface area contributed by atoms with Crippen molar-refractivity contribution in [2.24, 2.45) is 0 Å². The summed E-state index contributed by atoms with van der Waals surface area (Å²) >= 11 is 0. The zero-order valence-corrected chi connectivity index (χ0v) is 19.2. The Hall–Kier alpha value is -3.86. The van der Waals surface area contributed by atoms with Gasteiger partial charge >= 0.3 is 0 Å². The fourth-order valence-electron chi connectivity index (χ4n) is 4.26. The molecule has 0 radical (unpaired) electrons. The Balaban J connectivity index is 1.95. The van der Waals surface area contributed by atoms with Crippen LogP contribution in [0, 0.1) is 13.8 Å². The summed E-state index contributed by atoms with van der Waals surface area (Å²) in [7, 11) is 0. The summed E-state index contributed by atoms with van der Waals surface area (Å²) in [5, 5.41) is 21.4. The van der Waals surface area contributed by atoms with Crippen molar-refractivity contribution in [1.29, 1.82) is 0 Å². The Morgan fingerprint density at radius 1 is 0.939 bits per heavy atom. The van der Waals surface area contributed by atoms with E-state index in [0.29, 0.717) is 22.7 Å². The van der Waals surface area contributed by atoms with Gasteiger partial charge in [0.1, 0.15) is 11.5 Å². The lowest BCUT2D eigenvalue weighted by Crippen LogP contribution is -2.29. The number of amides is 1. The van der Waals surface area contributed by atoms with Crippen LogP contribution in [0.5, 0.6) is 5.75 Å². The molecule has 1 fully saturated rings. The van der Waals surface area contributed by atoms with Crippen molar-refractivity contribution in [2.75, 3.05) is 4.90 Å². The molecule has 33 heavy (non-hydrogen) atoms. The first-order valence-corrected chi connectivity index (χ1v) is 11.0. The number of hydrogen-bond donors (Lipinski definition) is 2. The lowest BCUT2D eigenvalue weighted by atomic mass is 9.93. The molecule has 1 saturated heterocycles. The Bertz CT molecular complexity index is 1270. The lowest BCUT2D eigenvalue weighted by Gasteiger charge is -2.26. The first-order valence-electron chi connectivity index (χ1n) is 11.0. The number of aliphatic hydroxyl groups excluding tert-OH is 1. The second-order valence-corrected chi connectivity index (χ2v) is 8.83. The number of nitrogens with zero attached hydrogens (tertiary/aromatic N) is 1. The average molecular weight is 442 g/mol. The van der Waals surface area contributed by atoms with Crippen LogP contribution in [-0.2, 0) is 9.59 Å². The maximum atomic E-state index is 13.3. The molecular formula is C28H27NO4. The molecule has 1 heterocycles. The summed E-state index contributed by atoms with van der Waals surface area (Å²) in [5.41, 5.74) is 4.43. The first kappa shape index (κ1) is 22.3. The number of phenols is 1. The quantitative estimate of drug-likeness (QED) is 0.307. The lowest BCUT2D eigenvalue weighted by molar-refractivity contribution is -0.132. The second kappa shape index (κ2) is 8.58. The van der Waals surface area contributed by atoms with E-state index in [9.17, 15) is 19.8 Å². The minimum atomic E-state index is -0.873. The van der Waals surface area contributed by atoms with Crippen LogP contribution >= 0.6 is 0 Å². The molecule has 1 unspecified atom stereocenters. The van der Waals surface area contributed by atoms with Gasteiger partial charge < -0.3 is 10.2 Å². The minimum Gasteiger partial charge on any atom is -0.508 e. The number of aliphatic hydroxyl groups is 1. The summed E-state index contributed by atoms with van der Waals surface area (Å²) in [5.74, 6) is -1.35. The van der Waals surface area contributed by atoms with E-state index in [-0.39, 0.29) is 17.1 Å². The molecule has 3 aromatic carbocycles. The normalized spacial score (nSPS) is 17.7. The van der Waals surface area contributed by atoms with Gasteiger partial charge in [0.25, 0.3) is 11.7 Å². The molecule has 5 heteroatoms. The third kappa shape index (κ3) is 4.02. The molecule has 168 valence electrons. The van der Waals surface area contributed by atoms with Crippen LogP contribution in [0.1, 0.15) is 53.6 Å². The number of ketones is 1. The van der Waals surface area contributed by atoms with Crippen molar-refractivity contribution < 1.29 is 19.8 Å². The van der Waals surface area contributed by atoms with E-state index < -0.39 is 17.7 Å². The van der Waals surface area contributed by atoms with Gasteiger partial charge in [0.2, 0.25) is 0 Å². The third-order valence-corrected chi connectivity index (χ3v) is 6.12. The Morgan fingerprint density at radius 2 is 1.64 bits per heavy atom. The molecular weight excluding hydrogens is 414 g/mol. The summed E-state index contributed by atoms with van der Waals surface area (Å²) in [6.45, 7) is 7.91. The van der Waals surface area contributed by atoms with E-state index in [1.165, 1.54) is 17.0 Å². The van der Waals surface area contributed by atoms with E-state index in [1.807, 2.05) is 50.2 Å². The number of hydrogen-bond acceptors (Lipinski definition) is 4. The smallest absolute Gasteiger partial charge is 0.300 e. The van der Waals surface area contributed by atoms with E-state index in [1.54, 1.807) is 18.2 Å². The topological polar surface area (TPSA) is 77.8 Å². The van der Waals surface area contributed by atoms with Crippen LogP contribution < -0.4 is 4.90 Å². The number of aromatic hydroxyl groups is 1. The van der Waals surface area contributed by atoms with Gasteiger partial charge in [-0.05, 0) is 66.8 Å². The van der Waals surface area contributed by atoms with Gasteiger partial charge in [-0.1, -0.05) is 55.8 Å². The van der Waals surface area contributed by atoms with Crippen LogP contribution in [0.3, 0.4) is 0 Å². The molecule has 0 aliphatic carbocycles. The molecule has 1 aliphatic heterocycles. The standard InChI is InChI=1S/C28H27NO4/c1-16(2)19-10-12-21(13-11-19)29-25(20-6-5-7-22(30)15-20)24(27(32)28(29)33)26(31)23-14-17(3)8-9-18(23)4/h5-16,25,30-31H,1-4H3/b26-24+. The molecule has 5 nitrogen and oxygen atoms in total. The number of carbonyl (C=O) groups excluding carboxylic acids is 2. The zero-order chi connectivity index (χ0) is 23.9. The Kier molecular flexibility index (Phi) is 5.81. The molecule has 0 aromatic heterocycles. The number of aryl methyl sites for hydroxylation is 2. The van der Waals surface area contributed by atoms with E-state index >= 15 is 0 Å². The highest BCUT2D eigenvalue weighted by atomic mass is 16.3.